The minimum Gasteiger partial charge on any atom is -0.460 e. The molecule has 0 saturated carbocycles. The van der Waals surface area contributed by atoms with Crippen molar-refractivity contribution in [3.05, 3.63) is 30.4 Å². The quantitative estimate of drug-likeness (QED) is 0.470. The molecule has 1 aliphatic rings. The van der Waals surface area contributed by atoms with E-state index in [1.54, 1.807) is 41.9 Å². The van der Waals surface area contributed by atoms with Gasteiger partial charge in [-0.15, -0.1) is 0 Å². The number of ether oxygens (including phenoxy) is 3. The monoisotopic (exact) mass is 470 g/mol. The predicted molar refractivity (Wildman–Crippen MR) is 125 cm³/mol. The summed E-state index contributed by atoms with van der Waals surface area (Å²) in [5.41, 5.74) is 2.15. The molecule has 1 fully saturated rings. The van der Waals surface area contributed by atoms with Crippen LogP contribution in [0.15, 0.2) is 29.1 Å². The lowest BCUT2D eigenvalue weighted by Crippen LogP contribution is -2.46. The highest BCUT2D eigenvalue weighted by Gasteiger charge is 2.37. The summed E-state index contributed by atoms with van der Waals surface area (Å²) in [6.45, 7) is 6.39. The van der Waals surface area contributed by atoms with E-state index in [0.717, 1.165) is 12.0 Å². The summed E-state index contributed by atoms with van der Waals surface area (Å²) in [7, 11) is 1.82. The van der Waals surface area contributed by atoms with Crippen molar-refractivity contribution in [1.29, 1.82) is 0 Å². The highest BCUT2D eigenvalue weighted by molar-refractivity contribution is 6.10. The van der Waals surface area contributed by atoms with Gasteiger partial charge in [-0.2, -0.15) is 5.10 Å². The van der Waals surface area contributed by atoms with Crippen molar-refractivity contribution in [1.82, 2.24) is 14.8 Å². The van der Waals surface area contributed by atoms with Crippen LogP contribution in [0.3, 0.4) is 0 Å². The van der Waals surface area contributed by atoms with Crippen LogP contribution in [0.25, 0.3) is 22.2 Å². The Bertz CT molecular complexity index is 1170. The number of carbonyl (C=O) groups excluding carboxylic acids is 2. The van der Waals surface area contributed by atoms with Gasteiger partial charge in [0.15, 0.2) is 5.58 Å². The van der Waals surface area contributed by atoms with Crippen LogP contribution < -0.4 is 4.90 Å². The molecule has 0 N–H and O–H groups in total. The SMILES string of the molecule is CCOC(=O)c1oc2cnc(-c3cnn(C)c3)cc2c1N(C(=O)OCC)[C@H]1CCO[C@@H](CC)C1. The first-order valence-corrected chi connectivity index (χ1v) is 11.6. The van der Waals surface area contributed by atoms with Crippen LogP contribution in [0.2, 0.25) is 0 Å². The number of esters is 1. The molecule has 10 nitrogen and oxygen atoms in total. The lowest BCUT2D eigenvalue weighted by atomic mass is 9.99. The van der Waals surface area contributed by atoms with E-state index in [4.69, 9.17) is 18.6 Å². The van der Waals surface area contributed by atoms with Crippen LogP contribution in [0.5, 0.6) is 0 Å². The predicted octanol–water partition coefficient (Wildman–Crippen LogP) is 4.33. The number of anilines is 1. The van der Waals surface area contributed by atoms with E-state index in [1.165, 1.54) is 0 Å². The molecular formula is C24H30N4O6. The Morgan fingerprint density at radius 3 is 2.68 bits per heavy atom. The Balaban J connectivity index is 1.90. The van der Waals surface area contributed by atoms with E-state index in [-0.39, 0.29) is 31.1 Å². The van der Waals surface area contributed by atoms with Crippen molar-refractivity contribution >= 4 is 28.7 Å². The molecular weight excluding hydrogens is 440 g/mol. The van der Waals surface area contributed by atoms with Gasteiger partial charge in [-0.05, 0) is 39.2 Å². The topological polar surface area (TPSA) is 109 Å². The number of fused-ring (bicyclic) bond motifs is 1. The fourth-order valence-corrected chi connectivity index (χ4v) is 4.27. The number of aromatic nitrogens is 3. The molecule has 0 aliphatic carbocycles. The second kappa shape index (κ2) is 10.3. The molecule has 182 valence electrons. The molecule has 34 heavy (non-hydrogen) atoms. The van der Waals surface area contributed by atoms with Gasteiger partial charge >= 0.3 is 12.1 Å². The average molecular weight is 471 g/mol. The van der Waals surface area contributed by atoms with Gasteiger partial charge in [0, 0.05) is 36.8 Å². The highest BCUT2D eigenvalue weighted by Crippen LogP contribution is 2.39. The molecule has 0 unspecified atom stereocenters. The Labute approximate surface area is 197 Å². The summed E-state index contributed by atoms with van der Waals surface area (Å²) in [5, 5.41) is 4.79. The van der Waals surface area contributed by atoms with Gasteiger partial charge in [-0.25, -0.2) is 9.59 Å². The number of pyridine rings is 1. The Morgan fingerprint density at radius 2 is 2.00 bits per heavy atom. The average Bonchev–Trinajstić information content (AvgIpc) is 3.43. The van der Waals surface area contributed by atoms with E-state index >= 15 is 0 Å². The van der Waals surface area contributed by atoms with Crippen molar-refractivity contribution in [2.24, 2.45) is 7.05 Å². The first-order valence-electron chi connectivity index (χ1n) is 11.6. The summed E-state index contributed by atoms with van der Waals surface area (Å²) in [5.74, 6) is -0.695. The number of aryl methyl sites for hydroxylation is 1. The molecule has 0 bridgehead atoms. The zero-order chi connectivity index (χ0) is 24.2. The normalized spacial score (nSPS) is 18.1. The molecule has 10 heteroatoms. The van der Waals surface area contributed by atoms with Crippen LogP contribution in [-0.2, 0) is 21.3 Å². The maximum absolute atomic E-state index is 13.3. The van der Waals surface area contributed by atoms with Crippen molar-refractivity contribution in [3.8, 4) is 11.3 Å². The largest absolute Gasteiger partial charge is 0.460 e. The number of nitrogens with zero attached hydrogens (tertiary/aromatic N) is 4. The fourth-order valence-electron chi connectivity index (χ4n) is 4.27. The van der Waals surface area contributed by atoms with E-state index in [0.29, 0.717) is 41.8 Å². The molecule has 4 heterocycles. The summed E-state index contributed by atoms with van der Waals surface area (Å²) in [4.78, 5) is 32.3. The third kappa shape index (κ3) is 4.63. The lowest BCUT2D eigenvalue weighted by Gasteiger charge is -2.36. The standard InChI is InChI=1S/C24H30N4O6/c1-5-17-10-16(8-9-33-17)28(24(30)32-7-3)21-18-11-19(15-12-26-27(4)14-15)25-13-20(18)34-22(21)23(29)31-6-2/h11-14,16-17H,5-10H2,1-4H3/t16-,17-/m0/s1. The molecule has 1 saturated heterocycles. The minimum absolute atomic E-state index is 0.00695. The van der Waals surface area contributed by atoms with Crippen molar-refractivity contribution in [2.45, 2.75) is 52.2 Å². The molecule has 0 spiro atoms. The van der Waals surface area contributed by atoms with Crippen LogP contribution >= 0.6 is 0 Å². The van der Waals surface area contributed by atoms with E-state index in [9.17, 15) is 9.59 Å². The third-order valence-corrected chi connectivity index (χ3v) is 5.88. The summed E-state index contributed by atoms with van der Waals surface area (Å²) in [6.07, 6.45) is 6.59. The maximum Gasteiger partial charge on any atom is 0.414 e. The molecule has 1 amide bonds. The van der Waals surface area contributed by atoms with Crippen molar-refractivity contribution < 1.29 is 28.2 Å². The smallest absolute Gasteiger partial charge is 0.414 e. The number of amides is 1. The van der Waals surface area contributed by atoms with Gasteiger partial charge in [0.25, 0.3) is 0 Å². The molecule has 0 aromatic carbocycles. The minimum atomic E-state index is -0.648. The summed E-state index contributed by atoms with van der Waals surface area (Å²) < 4.78 is 24.1. The van der Waals surface area contributed by atoms with Gasteiger partial charge in [-0.3, -0.25) is 14.6 Å². The van der Waals surface area contributed by atoms with Gasteiger partial charge < -0.3 is 18.6 Å². The van der Waals surface area contributed by atoms with Crippen LogP contribution in [0.4, 0.5) is 10.5 Å². The van der Waals surface area contributed by atoms with Crippen LogP contribution in [0.1, 0.15) is 50.6 Å². The number of rotatable bonds is 7. The third-order valence-electron chi connectivity index (χ3n) is 5.88. The lowest BCUT2D eigenvalue weighted by molar-refractivity contribution is 0.00465. The molecule has 1 aliphatic heterocycles. The van der Waals surface area contributed by atoms with Gasteiger partial charge in [0.05, 0.1) is 37.4 Å². The number of carbonyl (C=O) groups is 2. The second-order valence-corrected chi connectivity index (χ2v) is 8.12. The Hall–Kier alpha value is -3.40. The van der Waals surface area contributed by atoms with Crippen LogP contribution in [0, 0.1) is 0 Å². The summed E-state index contributed by atoms with van der Waals surface area (Å²) in [6, 6.07) is 1.57. The van der Waals surface area contributed by atoms with E-state index in [2.05, 4.69) is 10.1 Å². The first kappa shape index (κ1) is 23.7. The summed E-state index contributed by atoms with van der Waals surface area (Å²) >= 11 is 0. The number of furan rings is 1. The molecule has 0 radical (unpaired) electrons. The van der Waals surface area contributed by atoms with Gasteiger partial charge in [0.2, 0.25) is 5.76 Å². The maximum atomic E-state index is 13.3. The van der Waals surface area contributed by atoms with Crippen LogP contribution in [-0.4, -0.2) is 58.8 Å². The van der Waals surface area contributed by atoms with E-state index in [1.807, 2.05) is 20.2 Å². The van der Waals surface area contributed by atoms with Crippen molar-refractivity contribution in [3.63, 3.8) is 0 Å². The molecule has 3 aromatic rings. The van der Waals surface area contributed by atoms with Gasteiger partial charge in [-0.1, -0.05) is 6.92 Å². The van der Waals surface area contributed by atoms with Gasteiger partial charge in [0.1, 0.15) is 5.69 Å². The Kier molecular flexibility index (Phi) is 7.16. The molecule has 3 aromatic heterocycles. The highest BCUT2D eigenvalue weighted by atomic mass is 16.6. The second-order valence-electron chi connectivity index (χ2n) is 8.12. The zero-order valence-electron chi connectivity index (χ0n) is 19.9. The molecule has 4 rings (SSSR count). The van der Waals surface area contributed by atoms with Crippen molar-refractivity contribution in [2.75, 3.05) is 24.7 Å². The Morgan fingerprint density at radius 1 is 1.21 bits per heavy atom. The first-order chi connectivity index (χ1) is 16.5. The number of hydrogen-bond acceptors (Lipinski definition) is 8. The molecule has 2 atom stereocenters. The van der Waals surface area contributed by atoms with E-state index < -0.39 is 12.1 Å². The zero-order valence-corrected chi connectivity index (χ0v) is 19.9. The number of hydrogen-bond donors (Lipinski definition) is 0. The fraction of sp³-hybridized carbons (Fsp3) is 0.500.